The number of aryl methyl sites for hydroxylation is 1. The Morgan fingerprint density at radius 3 is 2.85 bits per heavy atom. The number of cyclic esters (lactones) is 1. The van der Waals surface area contributed by atoms with E-state index in [1.807, 2.05) is 26.2 Å². The largest absolute Gasteiger partial charge is 0.483 e. The third-order valence-electron chi connectivity index (χ3n) is 2.90. The van der Waals surface area contributed by atoms with Gasteiger partial charge in [-0.2, -0.15) is 0 Å². The summed E-state index contributed by atoms with van der Waals surface area (Å²) in [5.74, 6) is -0.0665. The lowest BCUT2D eigenvalue weighted by Gasteiger charge is -2.20. The highest BCUT2D eigenvalue weighted by atomic mass is 16.5. The van der Waals surface area contributed by atoms with Crippen LogP contribution in [0.5, 0.6) is 0 Å². The van der Waals surface area contributed by atoms with Gasteiger partial charge in [-0.1, -0.05) is 0 Å². The monoisotopic (exact) mass is 280 g/mol. The van der Waals surface area contributed by atoms with E-state index in [0.717, 1.165) is 25.2 Å². The van der Waals surface area contributed by atoms with Crippen LogP contribution in [0.1, 0.15) is 24.1 Å². The summed E-state index contributed by atoms with van der Waals surface area (Å²) in [6.45, 7) is 3.40. The zero-order valence-electron chi connectivity index (χ0n) is 11.8. The number of hydrogen-bond acceptors (Lipinski definition) is 5. The van der Waals surface area contributed by atoms with E-state index >= 15 is 0 Å². The fraction of sp³-hybridized carbons (Fsp3) is 0.500. The van der Waals surface area contributed by atoms with Crippen LogP contribution in [-0.4, -0.2) is 47.1 Å². The van der Waals surface area contributed by atoms with Gasteiger partial charge < -0.3 is 9.84 Å². The topological polar surface area (TPSA) is 79.7 Å². The number of hydrogen-bond donors (Lipinski definition) is 1. The molecule has 1 N–H and O–H groups in total. The predicted molar refractivity (Wildman–Crippen MR) is 73.1 cm³/mol. The highest BCUT2D eigenvalue weighted by molar-refractivity contribution is 5.71. The number of ether oxygens (including phenoxy) is 1. The van der Waals surface area contributed by atoms with Gasteiger partial charge in [0.05, 0.1) is 0 Å². The Balaban J connectivity index is 0.000000612. The normalized spacial score (nSPS) is 17.4. The van der Waals surface area contributed by atoms with E-state index in [2.05, 4.69) is 16.0 Å². The molecule has 1 aliphatic rings. The quantitative estimate of drug-likeness (QED) is 0.660. The molecule has 1 fully saturated rings. The second-order valence-corrected chi connectivity index (χ2v) is 4.76. The zero-order chi connectivity index (χ0) is 15.0. The molecule has 2 rings (SSSR count). The van der Waals surface area contributed by atoms with Crippen molar-refractivity contribution in [3.63, 3.8) is 0 Å². The van der Waals surface area contributed by atoms with Gasteiger partial charge in [-0.3, -0.25) is 19.5 Å². The fourth-order valence-electron chi connectivity index (χ4n) is 2.14. The van der Waals surface area contributed by atoms with Gasteiger partial charge in [-0.25, -0.2) is 0 Å². The fourth-order valence-corrected chi connectivity index (χ4v) is 2.14. The van der Waals surface area contributed by atoms with Crippen molar-refractivity contribution >= 4 is 12.4 Å². The van der Waals surface area contributed by atoms with Gasteiger partial charge in [-0.05, 0) is 38.1 Å². The molecule has 1 unspecified atom stereocenters. The van der Waals surface area contributed by atoms with Crippen molar-refractivity contribution in [1.82, 2.24) is 9.88 Å². The molecule has 0 spiro atoms. The number of pyridine rings is 1. The van der Waals surface area contributed by atoms with Gasteiger partial charge in [0.15, 0.2) is 0 Å². The van der Waals surface area contributed by atoms with Gasteiger partial charge in [0.25, 0.3) is 6.47 Å². The molecular weight excluding hydrogens is 260 g/mol. The van der Waals surface area contributed by atoms with Crippen LogP contribution >= 0.6 is 0 Å². The first-order valence-corrected chi connectivity index (χ1v) is 6.42. The number of likely N-dealkylation sites (N-methyl/N-ethyl adjacent to an activating group) is 1. The maximum absolute atomic E-state index is 11.0. The Morgan fingerprint density at radius 2 is 2.30 bits per heavy atom. The predicted octanol–water partition coefficient (Wildman–Crippen LogP) is 1.23. The third-order valence-corrected chi connectivity index (χ3v) is 2.90. The Kier molecular flexibility index (Phi) is 6.66. The van der Waals surface area contributed by atoms with Gasteiger partial charge in [-0.15, -0.1) is 0 Å². The first kappa shape index (κ1) is 16.1. The maximum Gasteiger partial charge on any atom is 0.306 e. The maximum atomic E-state index is 11.0. The molecule has 6 heteroatoms. The van der Waals surface area contributed by atoms with E-state index in [1.165, 1.54) is 5.56 Å². The number of carbonyl (C=O) groups excluding carboxylic acids is 1. The lowest BCUT2D eigenvalue weighted by atomic mass is 10.2. The average Bonchev–Trinajstić information content (AvgIpc) is 2.75. The van der Waals surface area contributed by atoms with E-state index < -0.39 is 0 Å². The summed E-state index contributed by atoms with van der Waals surface area (Å²) in [4.78, 5) is 25.7. The standard InChI is InChI=1S/C13H18N2O2.CH2O2/c1-10-7-11(5-6-14-10)8-15(2)9-12-3-4-13(16)17-12;2-1-3/h5-7,12H,3-4,8-9H2,1-2H3;1H,(H,2,3). The molecule has 1 aliphatic heterocycles. The van der Waals surface area contributed by atoms with E-state index in [9.17, 15) is 4.79 Å². The van der Waals surface area contributed by atoms with Crippen LogP contribution < -0.4 is 0 Å². The molecule has 2 heterocycles. The smallest absolute Gasteiger partial charge is 0.306 e. The van der Waals surface area contributed by atoms with Crippen LogP contribution in [-0.2, 0) is 20.9 Å². The van der Waals surface area contributed by atoms with Crippen LogP contribution in [0.3, 0.4) is 0 Å². The van der Waals surface area contributed by atoms with Gasteiger partial charge >= 0.3 is 5.97 Å². The first-order chi connectivity index (χ1) is 9.55. The highest BCUT2D eigenvalue weighted by Crippen LogP contribution is 2.15. The van der Waals surface area contributed by atoms with Crippen molar-refractivity contribution in [1.29, 1.82) is 0 Å². The number of esters is 1. The van der Waals surface area contributed by atoms with Crippen LogP contribution in [0.2, 0.25) is 0 Å². The Hall–Kier alpha value is -1.95. The minimum Gasteiger partial charge on any atom is -0.483 e. The average molecular weight is 280 g/mol. The summed E-state index contributed by atoms with van der Waals surface area (Å²) in [5, 5.41) is 6.89. The van der Waals surface area contributed by atoms with Crippen molar-refractivity contribution in [2.75, 3.05) is 13.6 Å². The number of aromatic nitrogens is 1. The van der Waals surface area contributed by atoms with Crippen molar-refractivity contribution in [3.05, 3.63) is 29.6 Å². The Labute approximate surface area is 118 Å². The zero-order valence-corrected chi connectivity index (χ0v) is 11.8. The minimum atomic E-state index is -0.250. The number of carbonyl (C=O) groups is 2. The lowest BCUT2D eigenvalue weighted by molar-refractivity contribution is -0.141. The molecule has 20 heavy (non-hydrogen) atoms. The molecule has 0 saturated carbocycles. The molecule has 1 atom stereocenters. The lowest BCUT2D eigenvalue weighted by Crippen LogP contribution is -2.28. The molecule has 0 aromatic carbocycles. The summed E-state index contributed by atoms with van der Waals surface area (Å²) in [6, 6.07) is 4.10. The molecule has 0 radical (unpaired) electrons. The van der Waals surface area contributed by atoms with Gasteiger partial charge in [0.1, 0.15) is 6.10 Å². The number of rotatable bonds is 4. The molecule has 110 valence electrons. The summed E-state index contributed by atoms with van der Waals surface area (Å²) in [5.41, 5.74) is 2.27. The van der Waals surface area contributed by atoms with E-state index in [1.54, 1.807) is 0 Å². The summed E-state index contributed by atoms with van der Waals surface area (Å²) in [7, 11) is 2.04. The molecule has 0 amide bonds. The van der Waals surface area contributed by atoms with Crippen molar-refractivity contribution in [3.8, 4) is 0 Å². The first-order valence-electron chi connectivity index (χ1n) is 6.42. The molecule has 1 aromatic heterocycles. The van der Waals surface area contributed by atoms with Crippen LogP contribution in [0.25, 0.3) is 0 Å². The van der Waals surface area contributed by atoms with E-state index in [4.69, 9.17) is 14.6 Å². The van der Waals surface area contributed by atoms with Crippen LogP contribution in [0.15, 0.2) is 18.3 Å². The third kappa shape index (κ3) is 5.79. The van der Waals surface area contributed by atoms with Crippen molar-refractivity contribution in [2.24, 2.45) is 0 Å². The molecule has 1 saturated heterocycles. The van der Waals surface area contributed by atoms with Crippen molar-refractivity contribution < 1.29 is 19.4 Å². The molecule has 0 aliphatic carbocycles. The SMILES string of the molecule is Cc1cc(CN(C)CC2CCC(=O)O2)ccn1.O=CO. The number of nitrogens with zero attached hydrogens (tertiary/aromatic N) is 2. The summed E-state index contributed by atoms with van der Waals surface area (Å²) in [6.07, 6.45) is 3.30. The van der Waals surface area contributed by atoms with Gasteiger partial charge in [0.2, 0.25) is 0 Å². The number of carboxylic acid groups (broad SMARTS) is 1. The second kappa shape index (κ2) is 8.27. The second-order valence-electron chi connectivity index (χ2n) is 4.76. The molecular formula is C14H20N2O4. The van der Waals surface area contributed by atoms with E-state index in [-0.39, 0.29) is 18.5 Å². The van der Waals surface area contributed by atoms with Gasteiger partial charge in [0, 0.05) is 31.4 Å². The Bertz CT molecular complexity index is 451. The van der Waals surface area contributed by atoms with Crippen molar-refractivity contribution in [2.45, 2.75) is 32.4 Å². The summed E-state index contributed by atoms with van der Waals surface area (Å²) < 4.78 is 5.20. The van der Waals surface area contributed by atoms with E-state index in [0.29, 0.717) is 6.42 Å². The van der Waals surface area contributed by atoms with Crippen LogP contribution in [0.4, 0.5) is 0 Å². The molecule has 1 aromatic rings. The summed E-state index contributed by atoms with van der Waals surface area (Å²) >= 11 is 0. The van der Waals surface area contributed by atoms with Crippen LogP contribution in [0, 0.1) is 6.92 Å². The molecule has 6 nitrogen and oxygen atoms in total. The highest BCUT2D eigenvalue weighted by Gasteiger charge is 2.24. The molecule has 0 bridgehead atoms. The minimum absolute atomic E-state index is 0.0652. The Morgan fingerprint density at radius 1 is 1.60 bits per heavy atom.